The molecule has 0 aliphatic heterocycles. The van der Waals surface area contributed by atoms with Crippen molar-refractivity contribution in [2.24, 2.45) is 0 Å². The zero-order valence-corrected chi connectivity index (χ0v) is 13.1. The van der Waals surface area contributed by atoms with Gasteiger partial charge in [0.25, 0.3) is 0 Å². The largest absolute Gasteiger partial charge is 0.487 e. The minimum atomic E-state index is 0.391. The van der Waals surface area contributed by atoms with Crippen LogP contribution in [0.25, 0.3) is 12.2 Å². The first kappa shape index (κ1) is 15.6. The molecule has 120 valence electrons. The fraction of sp³-hybridized carbons (Fsp3) is 0.111. The van der Waals surface area contributed by atoms with Gasteiger partial charge in [0, 0.05) is 6.42 Å². The molecule has 1 aromatic carbocycles. The van der Waals surface area contributed by atoms with Crippen LogP contribution in [0.5, 0.6) is 5.75 Å². The maximum atomic E-state index is 5.78. The number of nitrogens with zero attached hydrogens (tertiary/aromatic N) is 4. The Kier molecular flexibility index (Phi) is 4.76. The summed E-state index contributed by atoms with van der Waals surface area (Å²) in [5.74, 6) is 1.44. The van der Waals surface area contributed by atoms with Gasteiger partial charge in [-0.05, 0) is 35.4 Å². The van der Waals surface area contributed by atoms with Gasteiger partial charge in [-0.25, -0.2) is 4.98 Å². The molecule has 1 N–H and O–H groups in total. The van der Waals surface area contributed by atoms with Crippen LogP contribution >= 0.6 is 0 Å². The Bertz CT molecular complexity index is 825. The molecule has 24 heavy (non-hydrogen) atoms. The zero-order valence-electron chi connectivity index (χ0n) is 13.1. The van der Waals surface area contributed by atoms with Crippen molar-refractivity contribution in [2.75, 3.05) is 0 Å². The van der Waals surface area contributed by atoms with Gasteiger partial charge >= 0.3 is 0 Å². The molecule has 6 heteroatoms. The van der Waals surface area contributed by atoms with Gasteiger partial charge in [-0.15, -0.1) is 10.2 Å². The van der Waals surface area contributed by atoms with Crippen molar-refractivity contribution in [3.8, 4) is 5.75 Å². The number of hydrogen-bond donors (Lipinski definition) is 1. The molecular formula is C18H17N5O. The van der Waals surface area contributed by atoms with Crippen LogP contribution in [0.3, 0.4) is 0 Å². The first-order chi connectivity index (χ1) is 11.8. The lowest BCUT2D eigenvalue weighted by Crippen LogP contribution is -2.00. The Morgan fingerprint density at radius 2 is 1.88 bits per heavy atom. The van der Waals surface area contributed by atoms with Crippen molar-refractivity contribution >= 4 is 12.2 Å². The van der Waals surface area contributed by atoms with E-state index in [1.54, 1.807) is 12.2 Å². The van der Waals surface area contributed by atoms with E-state index in [4.69, 9.17) is 4.74 Å². The van der Waals surface area contributed by atoms with Gasteiger partial charge in [-0.2, -0.15) is 5.21 Å². The number of pyridine rings is 1. The fourth-order valence-electron chi connectivity index (χ4n) is 2.25. The SMILES string of the molecule is C=Cc1ccc(COc2ccc(Cc3nn[nH]n3)cc2)nc1C=C. The Morgan fingerprint density at radius 1 is 1.04 bits per heavy atom. The van der Waals surface area contributed by atoms with Gasteiger partial charge in [0.05, 0.1) is 11.4 Å². The molecule has 0 aliphatic carbocycles. The quantitative estimate of drug-likeness (QED) is 0.724. The van der Waals surface area contributed by atoms with Crippen molar-refractivity contribution in [3.05, 3.63) is 77.9 Å². The van der Waals surface area contributed by atoms with Gasteiger partial charge in [-0.3, -0.25) is 0 Å². The highest BCUT2D eigenvalue weighted by molar-refractivity contribution is 5.60. The van der Waals surface area contributed by atoms with E-state index in [1.807, 2.05) is 36.4 Å². The van der Waals surface area contributed by atoms with Crippen molar-refractivity contribution in [1.82, 2.24) is 25.6 Å². The topological polar surface area (TPSA) is 76.6 Å². The van der Waals surface area contributed by atoms with Crippen LogP contribution in [0.1, 0.15) is 28.3 Å². The molecule has 0 saturated carbocycles. The number of H-pyrrole nitrogens is 1. The standard InChI is InChI=1S/C18H17N5O/c1-3-14-7-8-15(19-17(14)4-2)12-24-16-9-5-13(6-10-16)11-18-20-22-23-21-18/h3-10H,1-2,11-12H2,(H,20,21,22,23). The van der Waals surface area contributed by atoms with Crippen LogP contribution in [-0.2, 0) is 13.0 Å². The van der Waals surface area contributed by atoms with Crippen LogP contribution in [0.15, 0.2) is 49.6 Å². The van der Waals surface area contributed by atoms with E-state index in [-0.39, 0.29) is 0 Å². The summed E-state index contributed by atoms with van der Waals surface area (Å²) >= 11 is 0. The number of tetrazole rings is 1. The van der Waals surface area contributed by atoms with Crippen molar-refractivity contribution in [1.29, 1.82) is 0 Å². The van der Waals surface area contributed by atoms with Crippen molar-refractivity contribution < 1.29 is 4.74 Å². The number of ether oxygens (including phenoxy) is 1. The highest BCUT2D eigenvalue weighted by Crippen LogP contribution is 2.16. The predicted molar refractivity (Wildman–Crippen MR) is 92.2 cm³/mol. The van der Waals surface area contributed by atoms with Gasteiger partial charge < -0.3 is 4.74 Å². The van der Waals surface area contributed by atoms with Gasteiger partial charge in [-0.1, -0.05) is 42.6 Å². The summed E-state index contributed by atoms with van der Waals surface area (Å²) in [5.41, 5.74) is 3.69. The third-order valence-electron chi connectivity index (χ3n) is 3.49. The maximum Gasteiger partial charge on any atom is 0.178 e. The van der Waals surface area contributed by atoms with E-state index in [1.165, 1.54) is 0 Å². The van der Waals surface area contributed by atoms with Crippen LogP contribution in [0, 0.1) is 0 Å². The van der Waals surface area contributed by atoms with Crippen LogP contribution < -0.4 is 4.74 Å². The Hall–Kier alpha value is -3.28. The molecule has 0 saturated heterocycles. The average molecular weight is 319 g/mol. The first-order valence-electron chi connectivity index (χ1n) is 7.47. The molecule has 0 fully saturated rings. The molecule has 0 spiro atoms. The number of aromatic amines is 1. The lowest BCUT2D eigenvalue weighted by atomic mass is 10.1. The van der Waals surface area contributed by atoms with Gasteiger partial charge in [0.15, 0.2) is 5.82 Å². The first-order valence-corrected chi connectivity index (χ1v) is 7.47. The molecule has 0 bridgehead atoms. The molecule has 3 rings (SSSR count). The van der Waals surface area contributed by atoms with Crippen LogP contribution in [-0.4, -0.2) is 25.6 Å². The molecular weight excluding hydrogens is 302 g/mol. The predicted octanol–water partition coefficient (Wildman–Crippen LogP) is 3.05. The van der Waals surface area contributed by atoms with E-state index in [0.717, 1.165) is 28.3 Å². The molecule has 2 heterocycles. The molecule has 0 radical (unpaired) electrons. The van der Waals surface area contributed by atoms with Gasteiger partial charge in [0.1, 0.15) is 12.4 Å². The molecule has 0 unspecified atom stereocenters. The van der Waals surface area contributed by atoms with E-state index in [9.17, 15) is 0 Å². The highest BCUT2D eigenvalue weighted by Gasteiger charge is 2.04. The minimum absolute atomic E-state index is 0.391. The van der Waals surface area contributed by atoms with Crippen molar-refractivity contribution in [3.63, 3.8) is 0 Å². The second kappa shape index (κ2) is 7.32. The maximum absolute atomic E-state index is 5.78. The summed E-state index contributed by atoms with van der Waals surface area (Å²) < 4.78 is 5.78. The lowest BCUT2D eigenvalue weighted by Gasteiger charge is -2.08. The minimum Gasteiger partial charge on any atom is -0.487 e. The third kappa shape index (κ3) is 3.73. The van der Waals surface area contributed by atoms with E-state index in [0.29, 0.717) is 18.9 Å². The zero-order chi connectivity index (χ0) is 16.8. The lowest BCUT2D eigenvalue weighted by molar-refractivity contribution is 0.301. The smallest absolute Gasteiger partial charge is 0.178 e. The third-order valence-corrected chi connectivity index (χ3v) is 3.49. The van der Waals surface area contributed by atoms with Gasteiger partial charge in [0.2, 0.25) is 0 Å². The Balaban J connectivity index is 1.62. The molecule has 2 aromatic heterocycles. The second-order valence-electron chi connectivity index (χ2n) is 5.12. The molecule has 0 aliphatic rings. The number of hydrogen-bond acceptors (Lipinski definition) is 5. The van der Waals surface area contributed by atoms with Crippen LogP contribution in [0.2, 0.25) is 0 Å². The van der Waals surface area contributed by atoms with Crippen LogP contribution in [0.4, 0.5) is 0 Å². The highest BCUT2D eigenvalue weighted by atomic mass is 16.5. The summed E-state index contributed by atoms with van der Waals surface area (Å²) in [7, 11) is 0. The molecule has 3 aromatic rings. The van der Waals surface area contributed by atoms with E-state index < -0.39 is 0 Å². The molecule has 0 atom stereocenters. The Labute approximate surface area is 139 Å². The van der Waals surface area contributed by atoms with E-state index >= 15 is 0 Å². The summed E-state index contributed by atoms with van der Waals surface area (Å²) in [6.45, 7) is 7.93. The number of rotatable bonds is 7. The average Bonchev–Trinajstić information content (AvgIpc) is 3.14. The molecule has 0 amide bonds. The van der Waals surface area contributed by atoms with E-state index in [2.05, 4.69) is 38.8 Å². The number of benzene rings is 1. The normalized spacial score (nSPS) is 10.3. The summed E-state index contributed by atoms with van der Waals surface area (Å²) in [5, 5.41) is 13.9. The monoisotopic (exact) mass is 319 g/mol. The van der Waals surface area contributed by atoms with Crippen molar-refractivity contribution in [2.45, 2.75) is 13.0 Å². The summed E-state index contributed by atoms with van der Waals surface area (Å²) in [4.78, 5) is 4.50. The summed E-state index contributed by atoms with van der Waals surface area (Å²) in [6.07, 6.45) is 4.11. The molecule has 6 nitrogen and oxygen atoms in total. The number of nitrogens with one attached hydrogen (secondary N) is 1. The number of aromatic nitrogens is 5. The summed E-state index contributed by atoms with van der Waals surface area (Å²) in [6, 6.07) is 11.7. The second-order valence-corrected chi connectivity index (χ2v) is 5.12. The Morgan fingerprint density at radius 3 is 2.54 bits per heavy atom. The fourth-order valence-corrected chi connectivity index (χ4v) is 2.25.